The zero-order valence-electron chi connectivity index (χ0n) is 11.9. The van der Waals surface area contributed by atoms with Crippen molar-refractivity contribution in [1.82, 2.24) is 0 Å². The van der Waals surface area contributed by atoms with Crippen LogP contribution in [0.25, 0.3) is 0 Å². The Bertz CT molecular complexity index is 707. The first-order valence-corrected chi connectivity index (χ1v) is 7.54. The summed E-state index contributed by atoms with van der Waals surface area (Å²) in [5, 5.41) is 8.85. The van der Waals surface area contributed by atoms with Crippen molar-refractivity contribution in [2.24, 2.45) is 10.2 Å². The van der Waals surface area contributed by atoms with Gasteiger partial charge in [-0.25, -0.2) is 4.39 Å². The van der Waals surface area contributed by atoms with Gasteiger partial charge in [0.1, 0.15) is 11.9 Å². The van der Waals surface area contributed by atoms with E-state index in [0.29, 0.717) is 0 Å². The Morgan fingerprint density at radius 1 is 1.05 bits per heavy atom. The topological polar surface area (TPSA) is 24.7 Å². The minimum Gasteiger partial charge on any atom is -0.207 e. The lowest BCUT2D eigenvalue weighted by Crippen LogP contribution is -2.13. The fourth-order valence-electron chi connectivity index (χ4n) is 3.65. The normalized spacial score (nSPS) is 24.4. The molecule has 0 radical (unpaired) electrons. The lowest BCUT2D eigenvalue weighted by molar-refractivity contribution is 0.625. The van der Waals surface area contributed by atoms with Gasteiger partial charge in [-0.05, 0) is 60.1 Å². The van der Waals surface area contributed by atoms with Gasteiger partial charge in [-0.15, -0.1) is 0 Å². The average molecular weight is 280 g/mol. The summed E-state index contributed by atoms with van der Waals surface area (Å²) in [6.45, 7) is 4.23. The van der Waals surface area contributed by atoms with Gasteiger partial charge in [0.25, 0.3) is 0 Å². The molecule has 0 spiro atoms. The highest BCUT2D eigenvalue weighted by Gasteiger charge is 2.34. The van der Waals surface area contributed by atoms with E-state index in [-0.39, 0.29) is 11.9 Å². The number of nitrogens with zero attached hydrogens (tertiary/aromatic N) is 2. The molecule has 2 nitrogen and oxygen atoms in total. The van der Waals surface area contributed by atoms with Crippen molar-refractivity contribution in [1.29, 1.82) is 0 Å². The third kappa shape index (κ3) is 1.99. The van der Waals surface area contributed by atoms with Crippen LogP contribution in [-0.2, 0) is 0 Å². The minimum atomic E-state index is -0.211. The van der Waals surface area contributed by atoms with Crippen molar-refractivity contribution in [2.45, 2.75) is 38.1 Å². The van der Waals surface area contributed by atoms with E-state index in [4.69, 9.17) is 0 Å². The van der Waals surface area contributed by atoms with Crippen molar-refractivity contribution >= 4 is 0 Å². The van der Waals surface area contributed by atoms with E-state index in [1.807, 2.05) is 12.1 Å². The van der Waals surface area contributed by atoms with E-state index in [1.54, 1.807) is 0 Å². The second kappa shape index (κ2) is 4.76. The van der Waals surface area contributed by atoms with Crippen LogP contribution in [0.4, 0.5) is 4.39 Å². The first-order chi connectivity index (χ1) is 10.2. The molecule has 3 heteroatoms. The van der Waals surface area contributed by atoms with Gasteiger partial charge < -0.3 is 0 Å². The quantitative estimate of drug-likeness (QED) is 0.656. The molecule has 1 unspecified atom stereocenters. The molecule has 0 bridgehead atoms. The maximum atomic E-state index is 13.1. The van der Waals surface area contributed by atoms with E-state index in [0.717, 1.165) is 30.5 Å². The molecule has 1 heterocycles. The number of azo groups is 1. The van der Waals surface area contributed by atoms with Gasteiger partial charge in [0, 0.05) is 12.0 Å². The Morgan fingerprint density at radius 2 is 1.76 bits per heavy atom. The number of hydrogen-bond donors (Lipinski definition) is 0. The number of benzene rings is 1. The molecule has 1 aromatic carbocycles. The second-order valence-corrected chi connectivity index (χ2v) is 5.97. The number of rotatable bonds is 1. The van der Waals surface area contributed by atoms with Gasteiger partial charge in [0.05, 0.1) is 5.70 Å². The van der Waals surface area contributed by atoms with Crippen LogP contribution in [0.2, 0.25) is 0 Å². The van der Waals surface area contributed by atoms with Crippen LogP contribution in [0.3, 0.4) is 0 Å². The smallest absolute Gasteiger partial charge is 0.123 e. The molecule has 3 aliphatic rings. The summed E-state index contributed by atoms with van der Waals surface area (Å²) in [5.74, 6) is -0.211. The number of fused-ring (bicyclic) bond motifs is 1. The largest absolute Gasteiger partial charge is 0.207 e. The molecule has 4 rings (SSSR count). The summed E-state index contributed by atoms with van der Waals surface area (Å²) in [7, 11) is 0. The van der Waals surface area contributed by atoms with E-state index in [9.17, 15) is 4.39 Å². The Labute approximate surface area is 123 Å². The minimum absolute atomic E-state index is 0.0585. The van der Waals surface area contributed by atoms with Gasteiger partial charge >= 0.3 is 0 Å². The van der Waals surface area contributed by atoms with Crippen LogP contribution in [0.5, 0.6) is 0 Å². The maximum Gasteiger partial charge on any atom is 0.123 e. The lowest BCUT2D eigenvalue weighted by atomic mass is 9.75. The zero-order valence-corrected chi connectivity index (χ0v) is 11.9. The highest BCUT2D eigenvalue weighted by molar-refractivity contribution is 5.57. The summed E-state index contributed by atoms with van der Waals surface area (Å²) in [4.78, 5) is 0. The summed E-state index contributed by atoms with van der Waals surface area (Å²) in [6, 6.07) is 6.59. The van der Waals surface area contributed by atoms with E-state index in [2.05, 4.69) is 16.8 Å². The highest BCUT2D eigenvalue weighted by Crippen LogP contribution is 2.50. The first-order valence-electron chi connectivity index (χ1n) is 7.54. The molecule has 1 aromatic rings. The molecule has 0 saturated carbocycles. The van der Waals surface area contributed by atoms with Crippen LogP contribution < -0.4 is 0 Å². The summed E-state index contributed by atoms with van der Waals surface area (Å²) in [6.07, 6.45) is 5.50. The number of hydrogen-bond acceptors (Lipinski definition) is 2. The Hall–Kier alpha value is -2.03. The monoisotopic (exact) mass is 280 g/mol. The summed E-state index contributed by atoms with van der Waals surface area (Å²) < 4.78 is 13.1. The maximum absolute atomic E-state index is 13.1. The molecule has 0 saturated heterocycles. The molecular weight excluding hydrogens is 263 g/mol. The lowest BCUT2D eigenvalue weighted by Gasteiger charge is -2.29. The van der Waals surface area contributed by atoms with Crippen LogP contribution in [0.1, 0.15) is 43.7 Å². The van der Waals surface area contributed by atoms with E-state index in [1.165, 1.54) is 47.3 Å². The number of allylic oxidation sites excluding steroid dienone is 2. The van der Waals surface area contributed by atoms with E-state index >= 15 is 0 Å². The van der Waals surface area contributed by atoms with Crippen molar-refractivity contribution in [3.05, 3.63) is 70.2 Å². The fraction of sp³-hybridized carbons (Fsp3) is 0.333. The third-order valence-electron chi connectivity index (χ3n) is 4.66. The first kappa shape index (κ1) is 12.7. The molecule has 0 N–H and O–H groups in total. The fourth-order valence-corrected chi connectivity index (χ4v) is 3.65. The summed E-state index contributed by atoms with van der Waals surface area (Å²) in [5.41, 5.74) is 7.40. The van der Waals surface area contributed by atoms with Crippen LogP contribution in [0.15, 0.2) is 69.1 Å². The van der Waals surface area contributed by atoms with Crippen molar-refractivity contribution in [2.75, 3.05) is 0 Å². The van der Waals surface area contributed by atoms with Crippen LogP contribution in [0, 0.1) is 5.82 Å². The van der Waals surface area contributed by atoms with Gasteiger partial charge in [0.15, 0.2) is 0 Å². The van der Waals surface area contributed by atoms with Gasteiger partial charge in [-0.2, -0.15) is 10.2 Å². The molecular formula is C18H17FN2. The standard InChI is InChI=1S/C18H17FN2/c1-11-10-16-17(15-5-3-2-4-14(11)15)18(21-20-16)12-6-8-13(19)9-7-12/h6-9,18H,1-5,10H2. The Kier molecular flexibility index (Phi) is 2.88. The molecule has 0 fully saturated rings. The predicted octanol–water partition coefficient (Wildman–Crippen LogP) is 5.42. The molecule has 1 aliphatic heterocycles. The van der Waals surface area contributed by atoms with Crippen molar-refractivity contribution < 1.29 is 4.39 Å². The third-order valence-corrected chi connectivity index (χ3v) is 4.66. The van der Waals surface area contributed by atoms with E-state index < -0.39 is 0 Å². The van der Waals surface area contributed by atoms with Crippen molar-refractivity contribution in [3.8, 4) is 0 Å². The SMILES string of the molecule is C=C1CC2=C(C3=C1CCCC3)C(c1ccc(F)cc1)N=N2. The Morgan fingerprint density at radius 3 is 2.52 bits per heavy atom. The zero-order chi connectivity index (χ0) is 14.4. The van der Waals surface area contributed by atoms with Crippen molar-refractivity contribution in [3.63, 3.8) is 0 Å². The molecule has 0 aromatic heterocycles. The van der Waals surface area contributed by atoms with Crippen LogP contribution >= 0.6 is 0 Å². The van der Waals surface area contributed by atoms with Gasteiger partial charge in [-0.1, -0.05) is 18.7 Å². The second-order valence-electron chi connectivity index (χ2n) is 5.97. The molecule has 21 heavy (non-hydrogen) atoms. The Balaban J connectivity index is 1.79. The summed E-state index contributed by atoms with van der Waals surface area (Å²) >= 11 is 0. The number of halogens is 1. The molecule has 0 amide bonds. The van der Waals surface area contributed by atoms with Gasteiger partial charge in [-0.3, -0.25) is 0 Å². The molecule has 2 aliphatic carbocycles. The molecule has 106 valence electrons. The highest BCUT2D eigenvalue weighted by atomic mass is 19.1. The average Bonchev–Trinajstić information content (AvgIpc) is 2.92. The van der Waals surface area contributed by atoms with Crippen LogP contribution in [-0.4, -0.2) is 0 Å². The molecule has 1 atom stereocenters. The van der Waals surface area contributed by atoms with Gasteiger partial charge in [0.2, 0.25) is 0 Å². The predicted molar refractivity (Wildman–Crippen MR) is 80.3 cm³/mol.